The molecule has 160 valence electrons. The molecule has 0 atom stereocenters. The van der Waals surface area contributed by atoms with Gasteiger partial charge >= 0.3 is 0 Å². The molecule has 0 N–H and O–H groups in total. The fourth-order valence-electron chi connectivity index (χ4n) is 4.04. The molecule has 3 aromatic heterocycles. The van der Waals surface area contributed by atoms with E-state index in [1.807, 2.05) is 42.8 Å². The average molecular weight is 423 g/mol. The normalized spacial score (nSPS) is 14.0. The van der Waals surface area contributed by atoms with Crippen LogP contribution >= 0.6 is 0 Å². The number of fused-ring (bicyclic) bond motifs is 1. The number of rotatable bonds is 6. The van der Waals surface area contributed by atoms with Crippen molar-refractivity contribution in [3.63, 3.8) is 0 Å². The van der Waals surface area contributed by atoms with Crippen LogP contribution < -0.4 is 4.74 Å². The van der Waals surface area contributed by atoms with Crippen LogP contribution in [0.2, 0.25) is 0 Å². The first-order chi connectivity index (χ1) is 15.0. The molecule has 0 saturated heterocycles. The van der Waals surface area contributed by atoms with E-state index in [4.69, 9.17) is 14.8 Å². The van der Waals surface area contributed by atoms with Crippen LogP contribution in [0.1, 0.15) is 49.1 Å². The number of methoxy groups -OCH3 is 1. The monoisotopic (exact) mass is 423 g/mol. The predicted molar refractivity (Wildman–Crippen MR) is 114 cm³/mol. The Kier molecular flexibility index (Phi) is 4.72. The molecule has 0 bridgehead atoms. The van der Waals surface area contributed by atoms with E-state index in [0.29, 0.717) is 34.7 Å². The van der Waals surface area contributed by atoms with Crippen molar-refractivity contribution in [3.8, 4) is 22.7 Å². The van der Waals surface area contributed by atoms with Crippen LogP contribution in [0.3, 0.4) is 0 Å². The fraction of sp³-hybridized carbons (Fsp3) is 0.348. The van der Waals surface area contributed by atoms with Gasteiger partial charge in [0.25, 0.3) is 6.43 Å². The topological polar surface area (TPSA) is 57.8 Å². The number of halogens is 2. The number of nitrogens with zero attached hydrogens (tertiary/aromatic N) is 5. The van der Waals surface area contributed by atoms with Crippen LogP contribution in [0.25, 0.3) is 28.0 Å². The minimum Gasteiger partial charge on any atom is -0.497 e. The minimum atomic E-state index is -2.63. The van der Waals surface area contributed by atoms with Crippen molar-refractivity contribution in [2.75, 3.05) is 7.11 Å². The summed E-state index contributed by atoms with van der Waals surface area (Å²) in [6, 6.07) is 8.88. The highest BCUT2D eigenvalue weighted by Gasteiger charge is 2.33. The standard InChI is InChI=1S/C23H23F2N5O/c1-4-29-13(2)18(12-26-29)19-11-17(22(24)25)20-21(14-5-6-14)28-30(23(20)27-19)15-7-9-16(31-3)10-8-15/h7-12,14,22H,4-6H2,1-3H3. The number of aryl methyl sites for hydroxylation is 1. The molecule has 8 heteroatoms. The van der Waals surface area contributed by atoms with Crippen molar-refractivity contribution >= 4 is 11.0 Å². The quantitative estimate of drug-likeness (QED) is 0.415. The zero-order valence-corrected chi connectivity index (χ0v) is 17.6. The first kappa shape index (κ1) is 19.7. The SMILES string of the molecule is CCn1ncc(-c2cc(C(F)F)c3c(C4CC4)nn(-c4ccc(OC)cc4)c3n2)c1C. The zero-order valence-electron chi connectivity index (χ0n) is 17.6. The Bertz CT molecular complexity index is 1260. The second-order valence-corrected chi connectivity index (χ2v) is 7.82. The maximum Gasteiger partial charge on any atom is 0.264 e. The molecule has 3 heterocycles. The number of ether oxygens (including phenoxy) is 1. The Morgan fingerprint density at radius 1 is 1.19 bits per heavy atom. The molecule has 1 aromatic carbocycles. The van der Waals surface area contributed by atoms with Crippen LogP contribution in [0.5, 0.6) is 5.75 Å². The van der Waals surface area contributed by atoms with Crippen molar-refractivity contribution in [1.29, 1.82) is 0 Å². The molecule has 31 heavy (non-hydrogen) atoms. The molecular formula is C23H23F2N5O. The van der Waals surface area contributed by atoms with E-state index in [1.165, 1.54) is 6.07 Å². The smallest absolute Gasteiger partial charge is 0.264 e. The van der Waals surface area contributed by atoms with Gasteiger partial charge in [-0.2, -0.15) is 10.2 Å². The molecular weight excluding hydrogens is 400 g/mol. The summed E-state index contributed by atoms with van der Waals surface area (Å²) in [5, 5.41) is 9.59. The summed E-state index contributed by atoms with van der Waals surface area (Å²) < 4.78 is 37.2. The Balaban J connectivity index is 1.78. The molecule has 0 spiro atoms. The highest BCUT2D eigenvalue weighted by Crippen LogP contribution is 2.45. The van der Waals surface area contributed by atoms with E-state index in [9.17, 15) is 8.78 Å². The second kappa shape index (κ2) is 7.44. The molecule has 1 aliphatic rings. The number of hydrogen-bond acceptors (Lipinski definition) is 4. The van der Waals surface area contributed by atoms with E-state index < -0.39 is 6.43 Å². The molecule has 1 saturated carbocycles. The summed E-state index contributed by atoms with van der Waals surface area (Å²) in [6.07, 6.45) is 0.984. The van der Waals surface area contributed by atoms with Gasteiger partial charge in [0, 0.05) is 29.3 Å². The summed E-state index contributed by atoms with van der Waals surface area (Å²) in [5.41, 5.74) is 4.02. The van der Waals surface area contributed by atoms with E-state index in [-0.39, 0.29) is 11.5 Å². The summed E-state index contributed by atoms with van der Waals surface area (Å²) in [7, 11) is 1.60. The molecule has 6 nitrogen and oxygen atoms in total. The van der Waals surface area contributed by atoms with E-state index >= 15 is 0 Å². The fourth-order valence-corrected chi connectivity index (χ4v) is 4.04. The van der Waals surface area contributed by atoms with Gasteiger partial charge in [0.2, 0.25) is 0 Å². The number of alkyl halides is 2. The molecule has 4 aromatic rings. The van der Waals surface area contributed by atoms with Crippen LogP contribution in [0.15, 0.2) is 36.5 Å². The third-order valence-corrected chi connectivity index (χ3v) is 5.89. The van der Waals surface area contributed by atoms with Gasteiger partial charge in [-0.1, -0.05) is 0 Å². The Labute approximate surface area is 178 Å². The Morgan fingerprint density at radius 2 is 1.94 bits per heavy atom. The Morgan fingerprint density at radius 3 is 2.52 bits per heavy atom. The van der Waals surface area contributed by atoms with Crippen LogP contribution in [0.4, 0.5) is 8.78 Å². The lowest BCUT2D eigenvalue weighted by Crippen LogP contribution is -2.01. The lowest BCUT2D eigenvalue weighted by Gasteiger charge is -2.09. The summed E-state index contributed by atoms with van der Waals surface area (Å²) in [5.74, 6) is 0.920. The van der Waals surface area contributed by atoms with Crippen molar-refractivity contribution in [2.24, 2.45) is 0 Å². The van der Waals surface area contributed by atoms with E-state index in [1.54, 1.807) is 18.0 Å². The molecule has 1 fully saturated rings. The van der Waals surface area contributed by atoms with Crippen molar-refractivity contribution in [1.82, 2.24) is 24.5 Å². The van der Waals surface area contributed by atoms with Gasteiger partial charge < -0.3 is 4.74 Å². The first-order valence-corrected chi connectivity index (χ1v) is 10.4. The van der Waals surface area contributed by atoms with Gasteiger partial charge in [0.1, 0.15) is 5.75 Å². The van der Waals surface area contributed by atoms with Gasteiger partial charge in [0.15, 0.2) is 5.65 Å². The molecule has 0 radical (unpaired) electrons. The maximum absolute atomic E-state index is 14.2. The average Bonchev–Trinajstić information content (AvgIpc) is 3.46. The summed E-state index contributed by atoms with van der Waals surface area (Å²) in [4.78, 5) is 4.83. The molecule has 0 unspecified atom stereocenters. The Hall–Kier alpha value is -3.29. The highest BCUT2D eigenvalue weighted by molar-refractivity contribution is 5.87. The molecule has 1 aliphatic carbocycles. The van der Waals surface area contributed by atoms with Crippen molar-refractivity contribution in [2.45, 2.75) is 45.6 Å². The largest absolute Gasteiger partial charge is 0.497 e. The van der Waals surface area contributed by atoms with Gasteiger partial charge in [0.05, 0.1) is 35.8 Å². The second-order valence-electron chi connectivity index (χ2n) is 7.82. The zero-order chi connectivity index (χ0) is 21.7. The van der Waals surface area contributed by atoms with Crippen molar-refractivity contribution in [3.05, 3.63) is 53.5 Å². The predicted octanol–water partition coefficient (Wildman–Crippen LogP) is 5.44. The lowest BCUT2D eigenvalue weighted by atomic mass is 10.0. The number of aromatic nitrogens is 5. The first-order valence-electron chi connectivity index (χ1n) is 10.4. The lowest BCUT2D eigenvalue weighted by molar-refractivity contribution is 0.153. The van der Waals surface area contributed by atoms with Gasteiger partial charge in [-0.3, -0.25) is 4.68 Å². The summed E-state index contributed by atoms with van der Waals surface area (Å²) in [6.45, 7) is 4.62. The number of hydrogen-bond donors (Lipinski definition) is 0. The minimum absolute atomic E-state index is 0.0229. The van der Waals surface area contributed by atoms with Gasteiger partial charge in [-0.15, -0.1) is 0 Å². The van der Waals surface area contributed by atoms with Crippen LogP contribution in [0, 0.1) is 6.92 Å². The van der Waals surface area contributed by atoms with Crippen molar-refractivity contribution < 1.29 is 13.5 Å². The van der Waals surface area contributed by atoms with Gasteiger partial charge in [-0.05, 0) is 57.0 Å². The van der Waals surface area contributed by atoms with Gasteiger partial charge in [-0.25, -0.2) is 18.4 Å². The van der Waals surface area contributed by atoms with Crippen LogP contribution in [-0.4, -0.2) is 31.7 Å². The highest BCUT2D eigenvalue weighted by atomic mass is 19.3. The van der Waals surface area contributed by atoms with Crippen LogP contribution in [-0.2, 0) is 6.54 Å². The van der Waals surface area contributed by atoms with E-state index in [0.717, 1.165) is 29.8 Å². The third kappa shape index (κ3) is 3.26. The number of pyridine rings is 1. The molecule has 5 rings (SSSR count). The summed E-state index contributed by atoms with van der Waals surface area (Å²) >= 11 is 0. The molecule has 0 amide bonds. The van der Waals surface area contributed by atoms with E-state index in [2.05, 4.69) is 5.10 Å². The third-order valence-electron chi connectivity index (χ3n) is 5.89. The maximum atomic E-state index is 14.2. The molecule has 0 aliphatic heterocycles. The number of benzene rings is 1.